The molecule has 2 N–H and O–H groups in total. The van der Waals surface area contributed by atoms with Gasteiger partial charge in [-0.3, -0.25) is 4.68 Å². The number of rotatable bonds is 4. The molecule has 0 saturated heterocycles. The predicted molar refractivity (Wildman–Crippen MR) is 59.8 cm³/mol. The summed E-state index contributed by atoms with van der Waals surface area (Å²) in [7, 11) is 1.90. The van der Waals surface area contributed by atoms with Crippen LogP contribution in [0.4, 0.5) is 5.82 Å². The van der Waals surface area contributed by atoms with E-state index in [9.17, 15) is 0 Å². The Morgan fingerprint density at radius 3 is 2.87 bits per heavy atom. The van der Waals surface area contributed by atoms with Gasteiger partial charge in [0.15, 0.2) is 0 Å². The van der Waals surface area contributed by atoms with Gasteiger partial charge in [0.25, 0.3) is 0 Å². The van der Waals surface area contributed by atoms with Gasteiger partial charge in [0.2, 0.25) is 0 Å². The van der Waals surface area contributed by atoms with Gasteiger partial charge in [-0.15, -0.1) is 0 Å². The summed E-state index contributed by atoms with van der Waals surface area (Å²) in [6.07, 6.45) is 2.41. The van der Waals surface area contributed by atoms with Crippen molar-refractivity contribution in [3.8, 4) is 0 Å². The Hall–Kier alpha value is -1.03. The third-order valence-corrected chi connectivity index (χ3v) is 3.04. The van der Waals surface area contributed by atoms with Gasteiger partial charge in [0.05, 0.1) is 11.8 Å². The summed E-state index contributed by atoms with van der Waals surface area (Å²) in [5, 5.41) is 4.49. The van der Waals surface area contributed by atoms with Crippen LogP contribution >= 0.6 is 0 Å². The van der Waals surface area contributed by atoms with Crippen molar-refractivity contribution in [2.75, 3.05) is 12.3 Å². The second-order valence-corrected chi connectivity index (χ2v) is 4.06. The van der Waals surface area contributed by atoms with E-state index >= 15 is 0 Å². The molecule has 1 fully saturated rings. The van der Waals surface area contributed by atoms with Gasteiger partial charge < -0.3 is 10.5 Å². The van der Waals surface area contributed by atoms with Gasteiger partial charge in [-0.2, -0.15) is 5.10 Å². The number of anilines is 1. The van der Waals surface area contributed by atoms with Crippen LogP contribution in [-0.2, 0) is 18.2 Å². The molecule has 0 spiro atoms. The van der Waals surface area contributed by atoms with Crippen LogP contribution in [-0.4, -0.2) is 22.5 Å². The molecule has 1 aliphatic rings. The highest BCUT2D eigenvalue weighted by molar-refractivity contribution is 5.46. The van der Waals surface area contributed by atoms with Gasteiger partial charge in [0, 0.05) is 25.1 Å². The molecule has 4 nitrogen and oxygen atoms in total. The van der Waals surface area contributed by atoms with E-state index in [2.05, 4.69) is 12.0 Å². The molecule has 0 aromatic carbocycles. The highest BCUT2D eigenvalue weighted by Gasteiger charge is 2.42. The van der Waals surface area contributed by atoms with Crippen molar-refractivity contribution >= 4 is 5.82 Å². The highest BCUT2D eigenvalue weighted by Crippen LogP contribution is 2.44. The number of nitrogens with zero attached hydrogens (tertiary/aromatic N) is 2. The maximum absolute atomic E-state index is 5.96. The van der Waals surface area contributed by atoms with Gasteiger partial charge in [-0.1, -0.05) is 6.92 Å². The van der Waals surface area contributed by atoms with Crippen LogP contribution in [0.2, 0.25) is 0 Å². The number of hydrogen-bond donors (Lipinski definition) is 1. The van der Waals surface area contributed by atoms with Crippen LogP contribution in [0.1, 0.15) is 37.4 Å². The Morgan fingerprint density at radius 1 is 1.53 bits per heavy atom. The maximum Gasteiger partial charge on any atom is 0.124 e. The minimum absolute atomic E-state index is 0.370. The summed E-state index contributed by atoms with van der Waals surface area (Å²) in [5.74, 6) is 1.28. The summed E-state index contributed by atoms with van der Waals surface area (Å²) in [5.41, 5.74) is 8.31. The van der Waals surface area contributed by atoms with Gasteiger partial charge in [0.1, 0.15) is 5.82 Å². The lowest BCUT2D eigenvalue weighted by molar-refractivity contribution is 0.128. The second kappa shape index (κ2) is 3.85. The molecular weight excluding hydrogens is 190 g/mol. The highest BCUT2D eigenvalue weighted by atomic mass is 16.5. The van der Waals surface area contributed by atoms with Crippen LogP contribution in [0.5, 0.6) is 0 Å². The first kappa shape index (κ1) is 10.5. The smallest absolute Gasteiger partial charge is 0.124 e. The van der Waals surface area contributed by atoms with Crippen LogP contribution in [0.3, 0.4) is 0 Å². The zero-order chi connectivity index (χ0) is 11.0. The first-order valence-electron chi connectivity index (χ1n) is 5.61. The zero-order valence-electron chi connectivity index (χ0n) is 9.66. The molecule has 2 unspecified atom stereocenters. The van der Waals surface area contributed by atoms with E-state index in [0.717, 1.165) is 31.0 Å². The normalized spacial score (nSPS) is 24.5. The van der Waals surface area contributed by atoms with Crippen molar-refractivity contribution in [1.29, 1.82) is 0 Å². The van der Waals surface area contributed by atoms with Crippen LogP contribution in [0, 0.1) is 0 Å². The lowest BCUT2D eigenvalue weighted by Gasteiger charge is -2.00. The molecule has 0 amide bonds. The van der Waals surface area contributed by atoms with Crippen LogP contribution in [0.15, 0.2) is 0 Å². The largest absolute Gasteiger partial charge is 0.384 e. The summed E-state index contributed by atoms with van der Waals surface area (Å²) in [6, 6.07) is 0. The molecule has 0 bridgehead atoms. The Balaban J connectivity index is 2.19. The molecule has 84 valence electrons. The molecule has 2 atom stereocenters. The third kappa shape index (κ3) is 1.74. The minimum Gasteiger partial charge on any atom is -0.384 e. The fourth-order valence-corrected chi connectivity index (χ4v) is 2.12. The summed E-state index contributed by atoms with van der Waals surface area (Å²) >= 11 is 0. The Bertz CT molecular complexity index is 359. The number of nitrogens with two attached hydrogens (primary N) is 1. The van der Waals surface area contributed by atoms with Crippen LogP contribution < -0.4 is 5.73 Å². The third-order valence-electron chi connectivity index (χ3n) is 3.04. The fraction of sp³-hybridized carbons (Fsp3) is 0.727. The number of aromatic nitrogens is 2. The Labute approximate surface area is 90.4 Å². The second-order valence-electron chi connectivity index (χ2n) is 4.06. The number of ether oxygens (including phenoxy) is 1. The van der Waals surface area contributed by atoms with Crippen molar-refractivity contribution in [3.63, 3.8) is 0 Å². The molecule has 0 radical (unpaired) electrons. The lowest BCUT2D eigenvalue weighted by atomic mass is 10.1. The Morgan fingerprint density at radius 2 is 2.27 bits per heavy atom. The van der Waals surface area contributed by atoms with Gasteiger partial charge in [-0.05, 0) is 19.8 Å². The predicted octanol–water partition coefficient (Wildman–Crippen LogP) is 1.46. The van der Waals surface area contributed by atoms with E-state index in [4.69, 9.17) is 10.5 Å². The maximum atomic E-state index is 5.96. The molecule has 1 heterocycles. The summed E-state index contributed by atoms with van der Waals surface area (Å²) in [6.45, 7) is 4.93. The SMILES string of the molecule is CCOC1CC1c1nn(C)c(N)c1CC. The molecular formula is C11H19N3O. The molecule has 2 rings (SSSR count). The Kier molecular flexibility index (Phi) is 2.69. The first-order chi connectivity index (χ1) is 7.19. The van der Waals surface area contributed by atoms with E-state index in [1.54, 1.807) is 4.68 Å². The van der Waals surface area contributed by atoms with Gasteiger partial charge in [-0.25, -0.2) is 0 Å². The van der Waals surface area contributed by atoms with Crippen molar-refractivity contribution in [1.82, 2.24) is 9.78 Å². The van der Waals surface area contributed by atoms with E-state index in [0.29, 0.717) is 12.0 Å². The van der Waals surface area contributed by atoms with E-state index < -0.39 is 0 Å². The van der Waals surface area contributed by atoms with Crippen molar-refractivity contribution in [2.24, 2.45) is 7.05 Å². The fourth-order valence-electron chi connectivity index (χ4n) is 2.12. The molecule has 4 heteroatoms. The van der Waals surface area contributed by atoms with E-state index in [-0.39, 0.29) is 0 Å². The molecule has 1 saturated carbocycles. The quantitative estimate of drug-likeness (QED) is 0.816. The standard InChI is InChI=1S/C11H19N3O/c1-4-7-10(13-14(3)11(7)12)8-6-9(8)15-5-2/h8-9H,4-6,12H2,1-3H3. The molecule has 0 aliphatic heterocycles. The number of nitrogen functional groups attached to an aromatic ring is 1. The minimum atomic E-state index is 0.370. The van der Waals surface area contributed by atoms with Crippen molar-refractivity contribution in [3.05, 3.63) is 11.3 Å². The zero-order valence-corrected chi connectivity index (χ0v) is 9.66. The van der Waals surface area contributed by atoms with E-state index in [1.807, 2.05) is 14.0 Å². The summed E-state index contributed by atoms with van der Waals surface area (Å²) in [4.78, 5) is 0. The number of aryl methyl sites for hydroxylation is 1. The van der Waals surface area contributed by atoms with Crippen molar-refractivity contribution in [2.45, 2.75) is 38.7 Å². The van der Waals surface area contributed by atoms with Crippen molar-refractivity contribution < 1.29 is 4.74 Å². The van der Waals surface area contributed by atoms with E-state index in [1.165, 1.54) is 5.56 Å². The first-order valence-corrected chi connectivity index (χ1v) is 5.61. The topological polar surface area (TPSA) is 53.1 Å². The monoisotopic (exact) mass is 209 g/mol. The average Bonchev–Trinajstić information content (AvgIpc) is 2.90. The molecule has 15 heavy (non-hydrogen) atoms. The number of hydrogen-bond acceptors (Lipinski definition) is 3. The average molecular weight is 209 g/mol. The molecule has 1 aromatic rings. The summed E-state index contributed by atoms with van der Waals surface area (Å²) < 4.78 is 7.35. The lowest BCUT2D eigenvalue weighted by Crippen LogP contribution is -1.98. The van der Waals surface area contributed by atoms with Gasteiger partial charge >= 0.3 is 0 Å². The van der Waals surface area contributed by atoms with Crippen LogP contribution in [0.25, 0.3) is 0 Å². The molecule has 1 aliphatic carbocycles. The molecule has 1 aromatic heterocycles.